The first kappa shape index (κ1) is 18.8. The van der Waals surface area contributed by atoms with Crippen molar-refractivity contribution < 1.29 is 19.5 Å². The molecule has 1 rings (SSSR count). The number of rotatable bonds is 8. The minimum Gasteiger partial charge on any atom is -0.480 e. The van der Waals surface area contributed by atoms with Crippen LogP contribution in [0, 0.1) is 5.92 Å². The summed E-state index contributed by atoms with van der Waals surface area (Å²) in [6.07, 6.45) is 1.99. The molecule has 1 fully saturated rings. The van der Waals surface area contributed by atoms with Gasteiger partial charge in [-0.05, 0) is 31.7 Å². The lowest BCUT2D eigenvalue weighted by atomic mass is 10.0. The number of aliphatic carboxylic acids is 1. The highest BCUT2D eigenvalue weighted by Crippen LogP contribution is 2.07. The number of hydrogen-bond donors (Lipinski definition) is 5. The maximum atomic E-state index is 12.2. The molecule has 0 radical (unpaired) electrons. The zero-order chi connectivity index (χ0) is 16.7. The number of nitrogens with one attached hydrogen (secondary N) is 3. The van der Waals surface area contributed by atoms with Crippen LogP contribution in [0.15, 0.2) is 0 Å². The Morgan fingerprint density at radius 3 is 2.41 bits per heavy atom. The van der Waals surface area contributed by atoms with E-state index in [0.717, 1.165) is 19.4 Å². The van der Waals surface area contributed by atoms with Crippen LogP contribution in [-0.2, 0) is 14.4 Å². The maximum Gasteiger partial charge on any atom is 0.326 e. The molecule has 126 valence electrons. The van der Waals surface area contributed by atoms with Gasteiger partial charge in [0.2, 0.25) is 11.8 Å². The van der Waals surface area contributed by atoms with Crippen LogP contribution >= 0.6 is 12.6 Å². The number of carbonyl (C=O) groups excluding carboxylic acids is 2. The first-order chi connectivity index (χ1) is 10.3. The molecular formula is C14H25N3O4S. The standard InChI is InChI=1S/C14H25N3O4S/c1-8(2)6-10(14(20)21)16-13(19)11(7-22)17-12(18)9-4-3-5-15-9/h8-11,15,22H,3-7H2,1-2H3,(H,16,19)(H,17,18)(H,20,21). The third kappa shape index (κ3) is 5.84. The average Bonchev–Trinajstić information content (AvgIpc) is 2.97. The van der Waals surface area contributed by atoms with Gasteiger partial charge in [0.15, 0.2) is 0 Å². The SMILES string of the molecule is CC(C)CC(NC(=O)C(CS)NC(=O)C1CCCN1)C(=O)O. The molecule has 1 heterocycles. The summed E-state index contributed by atoms with van der Waals surface area (Å²) in [4.78, 5) is 35.4. The highest BCUT2D eigenvalue weighted by atomic mass is 32.1. The predicted octanol–water partition coefficient (Wildman–Crippen LogP) is -0.231. The molecule has 0 aromatic rings. The van der Waals surface area contributed by atoms with Gasteiger partial charge in [-0.3, -0.25) is 9.59 Å². The third-order valence-electron chi connectivity index (χ3n) is 3.51. The van der Waals surface area contributed by atoms with Crippen molar-refractivity contribution in [1.29, 1.82) is 0 Å². The molecule has 1 saturated heterocycles. The second kappa shape index (κ2) is 8.99. The Kier molecular flexibility index (Phi) is 7.67. The molecule has 1 aliphatic heterocycles. The number of hydrogen-bond acceptors (Lipinski definition) is 5. The second-order valence-electron chi connectivity index (χ2n) is 5.92. The van der Waals surface area contributed by atoms with Crippen LogP contribution in [0.5, 0.6) is 0 Å². The van der Waals surface area contributed by atoms with Crippen molar-refractivity contribution >= 4 is 30.4 Å². The summed E-state index contributed by atoms with van der Waals surface area (Å²) in [5.74, 6) is -1.60. The normalized spacial score (nSPS) is 20.5. The zero-order valence-corrected chi connectivity index (χ0v) is 13.9. The van der Waals surface area contributed by atoms with Gasteiger partial charge in [0, 0.05) is 5.75 Å². The topological polar surface area (TPSA) is 108 Å². The van der Waals surface area contributed by atoms with E-state index in [-0.39, 0.29) is 23.6 Å². The van der Waals surface area contributed by atoms with E-state index in [4.69, 9.17) is 5.11 Å². The Morgan fingerprint density at radius 1 is 1.27 bits per heavy atom. The van der Waals surface area contributed by atoms with Crippen LogP contribution in [0.4, 0.5) is 0 Å². The summed E-state index contributed by atoms with van der Waals surface area (Å²) in [5, 5.41) is 17.3. The van der Waals surface area contributed by atoms with E-state index in [1.165, 1.54) is 0 Å². The van der Waals surface area contributed by atoms with Gasteiger partial charge < -0.3 is 21.1 Å². The summed E-state index contributed by atoms with van der Waals surface area (Å²) in [5.41, 5.74) is 0. The molecule has 7 nitrogen and oxygen atoms in total. The van der Waals surface area contributed by atoms with Crippen molar-refractivity contribution in [2.75, 3.05) is 12.3 Å². The lowest BCUT2D eigenvalue weighted by Gasteiger charge is -2.22. The highest BCUT2D eigenvalue weighted by Gasteiger charge is 2.29. The van der Waals surface area contributed by atoms with Crippen molar-refractivity contribution in [3.05, 3.63) is 0 Å². The van der Waals surface area contributed by atoms with Gasteiger partial charge in [0.25, 0.3) is 0 Å². The van der Waals surface area contributed by atoms with E-state index < -0.39 is 24.0 Å². The van der Waals surface area contributed by atoms with Crippen LogP contribution in [0.25, 0.3) is 0 Å². The van der Waals surface area contributed by atoms with E-state index in [2.05, 4.69) is 28.6 Å². The Bertz CT molecular complexity index is 411. The molecule has 0 aromatic heterocycles. The molecule has 4 N–H and O–H groups in total. The first-order valence-corrected chi connectivity index (χ1v) is 8.16. The zero-order valence-electron chi connectivity index (χ0n) is 13.0. The van der Waals surface area contributed by atoms with E-state index in [1.807, 2.05) is 13.8 Å². The maximum absolute atomic E-state index is 12.2. The second-order valence-corrected chi connectivity index (χ2v) is 6.29. The fourth-order valence-corrected chi connectivity index (χ4v) is 2.60. The summed E-state index contributed by atoms with van der Waals surface area (Å²) in [6.45, 7) is 4.54. The van der Waals surface area contributed by atoms with Crippen molar-refractivity contribution in [3.8, 4) is 0 Å². The quantitative estimate of drug-likeness (QED) is 0.395. The summed E-state index contributed by atoms with van der Waals surface area (Å²) in [7, 11) is 0. The van der Waals surface area contributed by atoms with Gasteiger partial charge in [0.05, 0.1) is 6.04 Å². The molecule has 1 aliphatic rings. The van der Waals surface area contributed by atoms with E-state index in [1.54, 1.807) is 0 Å². The van der Waals surface area contributed by atoms with E-state index >= 15 is 0 Å². The summed E-state index contributed by atoms with van der Waals surface area (Å²) < 4.78 is 0. The number of thiol groups is 1. The lowest BCUT2D eigenvalue weighted by Crippen LogP contribution is -2.55. The molecule has 0 aromatic carbocycles. The van der Waals surface area contributed by atoms with Gasteiger partial charge in [-0.1, -0.05) is 13.8 Å². The summed E-state index contributed by atoms with van der Waals surface area (Å²) >= 11 is 4.07. The fourth-order valence-electron chi connectivity index (χ4n) is 2.34. The van der Waals surface area contributed by atoms with Crippen molar-refractivity contribution in [2.24, 2.45) is 5.92 Å². The van der Waals surface area contributed by atoms with Crippen LogP contribution in [0.1, 0.15) is 33.1 Å². The van der Waals surface area contributed by atoms with Crippen molar-refractivity contribution in [1.82, 2.24) is 16.0 Å². The van der Waals surface area contributed by atoms with Gasteiger partial charge >= 0.3 is 5.97 Å². The number of carboxylic acid groups (broad SMARTS) is 1. The smallest absolute Gasteiger partial charge is 0.326 e. The Labute approximate surface area is 136 Å². The summed E-state index contributed by atoms with van der Waals surface area (Å²) in [6, 6.07) is -2.09. The lowest BCUT2D eigenvalue weighted by molar-refractivity contribution is -0.142. The van der Waals surface area contributed by atoms with E-state index in [0.29, 0.717) is 6.42 Å². The third-order valence-corrected chi connectivity index (χ3v) is 3.88. The minimum absolute atomic E-state index is 0.109. The van der Waals surface area contributed by atoms with Crippen LogP contribution < -0.4 is 16.0 Å². The highest BCUT2D eigenvalue weighted by molar-refractivity contribution is 7.80. The van der Waals surface area contributed by atoms with Gasteiger partial charge in [-0.2, -0.15) is 12.6 Å². The van der Waals surface area contributed by atoms with Crippen molar-refractivity contribution in [3.63, 3.8) is 0 Å². The molecule has 3 atom stereocenters. The number of amides is 2. The van der Waals surface area contributed by atoms with E-state index in [9.17, 15) is 14.4 Å². The molecule has 0 spiro atoms. The average molecular weight is 331 g/mol. The van der Waals surface area contributed by atoms with Crippen LogP contribution in [0.2, 0.25) is 0 Å². The van der Waals surface area contributed by atoms with Crippen LogP contribution in [0.3, 0.4) is 0 Å². The molecule has 22 heavy (non-hydrogen) atoms. The molecule has 3 unspecified atom stereocenters. The minimum atomic E-state index is -1.08. The van der Waals surface area contributed by atoms with Crippen molar-refractivity contribution in [2.45, 2.75) is 51.2 Å². The Morgan fingerprint density at radius 2 is 1.95 bits per heavy atom. The first-order valence-electron chi connectivity index (χ1n) is 7.53. The van der Waals surface area contributed by atoms with Gasteiger partial charge in [-0.25, -0.2) is 4.79 Å². The monoisotopic (exact) mass is 331 g/mol. The molecule has 2 amide bonds. The molecule has 0 saturated carbocycles. The molecular weight excluding hydrogens is 306 g/mol. The van der Waals surface area contributed by atoms with Gasteiger partial charge in [-0.15, -0.1) is 0 Å². The molecule has 8 heteroatoms. The predicted molar refractivity (Wildman–Crippen MR) is 85.8 cm³/mol. The van der Waals surface area contributed by atoms with Crippen LogP contribution in [-0.4, -0.2) is 53.3 Å². The largest absolute Gasteiger partial charge is 0.480 e. The fraction of sp³-hybridized carbons (Fsp3) is 0.786. The molecule has 0 bridgehead atoms. The Hall–Kier alpha value is -1.28. The number of carbonyl (C=O) groups is 3. The van der Waals surface area contributed by atoms with Gasteiger partial charge in [0.1, 0.15) is 12.1 Å². The Balaban J connectivity index is 2.58. The number of carboxylic acids is 1. The molecule has 0 aliphatic carbocycles.